The Morgan fingerprint density at radius 1 is 1.41 bits per heavy atom. The summed E-state index contributed by atoms with van der Waals surface area (Å²) in [6.45, 7) is 6.66. The molecular weight excluding hydrogens is 362 g/mol. The average Bonchev–Trinajstić information content (AvgIpc) is 3.08. The van der Waals surface area contributed by atoms with Gasteiger partial charge in [0.2, 0.25) is 5.96 Å². The number of aliphatic imine (C=N–C) groups is 1. The van der Waals surface area contributed by atoms with Crippen LogP contribution < -0.4 is 5.73 Å². The molecule has 1 aliphatic heterocycles. The SMILES string of the molecule is C=C(/C=C\C=C/C)[C@H]1CN(/C(=N/C)N(C)C(N)=O)N=C1c1ccc(Cl)cc1. The lowest BCUT2D eigenvalue weighted by Gasteiger charge is -2.23. The van der Waals surface area contributed by atoms with E-state index in [1.807, 2.05) is 55.5 Å². The molecule has 142 valence electrons. The number of nitrogens with two attached hydrogens (primary N) is 1. The number of hydrazone groups is 1. The van der Waals surface area contributed by atoms with E-state index in [1.165, 1.54) is 4.90 Å². The van der Waals surface area contributed by atoms with Crippen LogP contribution in [0.15, 0.2) is 70.8 Å². The van der Waals surface area contributed by atoms with Crippen LogP contribution in [0.5, 0.6) is 0 Å². The zero-order chi connectivity index (χ0) is 20.0. The standard InChI is InChI=1S/C20H24ClN5O/c1-5-6-7-8-14(2)17-13-26(20(23-3)25(4)19(22)27)24-18(17)15-9-11-16(21)12-10-15/h5-12,17H,2,13H2,1,3-4H3,(H2,22,27)/b6-5-,8-7-,23-20+/t17-/m1/s1. The number of primary amides is 1. The molecule has 0 bridgehead atoms. The van der Waals surface area contributed by atoms with Crippen molar-refractivity contribution in [2.24, 2.45) is 21.7 Å². The van der Waals surface area contributed by atoms with E-state index in [2.05, 4.69) is 11.6 Å². The van der Waals surface area contributed by atoms with Crippen molar-refractivity contribution < 1.29 is 4.79 Å². The molecule has 0 aromatic heterocycles. The van der Waals surface area contributed by atoms with Gasteiger partial charge in [-0.25, -0.2) is 9.80 Å². The van der Waals surface area contributed by atoms with Gasteiger partial charge >= 0.3 is 6.03 Å². The van der Waals surface area contributed by atoms with E-state index in [1.54, 1.807) is 19.1 Å². The number of carbonyl (C=O) groups excluding carboxylic acids is 1. The monoisotopic (exact) mass is 385 g/mol. The van der Waals surface area contributed by atoms with Gasteiger partial charge in [0.15, 0.2) is 0 Å². The highest BCUT2D eigenvalue weighted by Gasteiger charge is 2.33. The van der Waals surface area contributed by atoms with Crippen LogP contribution in [0, 0.1) is 5.92 Å². The molecule has 1 aliphatic rings. The van der Waals surface area contributed by atoms with E-state index in [-0.39, 0.29) is 5.92 Å². The molecule has 2 rings (SSSR count). The van der Waals surface area contributed by atoms with E-state index in [4.69, 9.17) is 22.4 Å². The molecule has 0 radical (unpaired) electrons. The van der Waals surface area contributed by atoms with Crippen LogP contribution >= 0.6 is 11.6 Å². The summed E-state index contributed by atoms with van der Waals surface area (Å²) in [7, 11) is 3.16. The summed E-state index contributed by atoms with van der Waals surface area (Å²) >= 11 is 6.02. The number of nitrogens with zero attached hydrogens (tertiary/aromatic N) is 4. The minimum atomic E-state index is -0.603. The molecule has 1 atom stereocenters. The maximum Gasteiger partial charge on any atom is 0.321 e. The van der Waals surface area contributed by atoms with E-state index >= 15 is 0 Å². The Hall–Kier alpha value is -2.86. The second-order valence-electron chi connectivity index (χ2n) is 6.01. The van der Waals surface area contributed by atoms with Gasteiger partial charge in [-0.2, -0.15) is 5.10 Å². The van der Waals surface area contributed by atoms with E-state index < -0.39 is 6.03 Å². The largest absolute Gasteiger partial charge is 0.351 e. The number of benzene rings is 1. The van der Waals surface area contributed by atoms with Gasteiger partial charge in [0, 0.05) is 25.0 Å². The molecule has 0 aliphatic carbocycles. The molecule has 27 heavy (non-hydrogen) atoms. The van der Waals surface area contributed by atoms with Crippen LogP contribution in [0.1, 0.15) is 12.5 Å². The highest BCUT2D eigenvalue weighted by Crippen LogP contribution is 2.27. The molecule has 7 heteroatoms. The number of hydrogen-bond donors (Lipinski definition) is 1. The summed E-state index contributed by atoms with van der Waals surface area (Å²) in [6.07, 6.45) is 7.79. The van der Waals surface area contributed by atoms with E-state index in [0.717, 1.165) is 16.8 Å². The third-order valence-corrected chi connectivity index (χ3v) is 4.43. The second-order valence-corrected chi connectivity index (χ2v) is 6.44. The molecule has 1 aromatic carbocycles. The highest BCUT2D eigenvalue weighted by molar-refractivity contribution is 6.30. The Balaban J connectivity index is 2.41. The van der Waals surface area contributed by atoms with Gasteiger partial charge in [0.1, 0.15) is 0 Å². The van der Waals surface area contributed by atoms with Gasteiger partial charge in [-0.1, -0.05) is 54.6 Å². The number of rotatable bonds is 4. The molecule has 2 amide bonds. The number of allylic oxidation sites excluding steroid dienone is 4. The molecule has 0 unspecified atom stereocenters. The lowest BCUT2D eigenvalue weighted by molar-refractivity contribution is 0.230. The van der Waals surface area contributed by atoms with Crippen molar-refractivity contribution in [3.05, 3.63) is 71.3 Å². The van der Waals surface area contributed by atoms with Crippen LogP contribution in [0.3, 0.4) is 0 Å². The van der Waals surface area contributed by atoms with E-state index in [0.29, 0.717) is 17.5 Å². The van der Waals surface area contributed by atoms with Crippen molar-refractivity contribution >= 4 is 29.3 Å². The third kappa shape index (κ3) is 4.86. The summed E-state index contributed by atoms with van der Waals surface area (Å²) in [5.41, 5.74) is 8.07. The van der Waals surface area contributed by atoms with Crippen molar-refractivity contribution in [2.45, 2.75) is 6.92 Å². The zero-order valence-corrected chi connectivity index (χ0v) is 16.5. The third-order valence-electron chi connectivity index (χ3n) is 4.18. The lowest BCUT2D eigenvalue weighted by atomic mass is 9.91. The zero-order valence-electron chi connectivity index (χ0n) is 15.8. The first-order valence-corrected chi connectivity index (χ1v) is 8.86. The second kappa shape index (κ2) is 9.19. The van der Waals surface area contributed by atoms with Gasteiger partial charge < -0.3 is 5.73 Å². The van der Waals surface area contributed by atoms with Crippen molar-refractivity contribution in [2.75, 3.05) is 20.6 Å². The molecule has 0 fully saturated rings. The normalized spacial score (nSPS) is 17.6. The molecule has 0 saturated carbocycles. The molecule has 1 aromatic rings. The Bertz CT molecular complexity index is 823. The van der Waals surface area contributed by atoms with Crippen LogP contribution in [0.25, 0.3) is 0 Å². The van der Waals surface area contributed by atoms with Crippen LogP contribution in [-0.2, 0) is 0 Å². The maximum absolute atomic E-state index is 11.6. The smallest absolute Gasteiger partial charge is 0.321 e. The molecule has 0 spiro atoms. The first-order valence-electron chi connectivity index (χ1n) is 8.49. The fourth-order valence-electron chi connectivity index (χ4n) is 2.74. The Kier molecular flexibility index (Phi) is 6.96. The van der Waals surface area contributed by atoms with Crippen molar-refractivity contribution in [1.29, 1.82) is 0 Å². The fraction of sp³-hybridized carbons (Fsp3) is 0.250. The minimum absolute atomic E-state index is 0.0642. The summed E-state index contributed by atoms with van der Waals surface area (Å²) in [4.78, 5) is 17.0. The van der Waals surface area contributed by atoms with Gasteiger partial charge in [0.25, 0.3) is 0 Å². The number of carbonyl (C=O) groups is 1. The van der Waals surface area contributed by atoms with Crippen LogP contribution in [0.2, 0.25) is 5.02 Å². The predicted octanol–water partition coefficient (Wildman–Crippen LogP) is 3.66. The number of halogens is 1. The molecule has 2 N–H and O–H groups in total. The van der Waals surface area contributed by atoms with Crippen molar-refractivity contribution in [3.63, 3.8) is 0 Å². The average molecular weight is 386 g/mol. The van der Waals surface area contributed by atoms with E-state index in [9.17, 15) is 4.79 Å². The topological polar surface area (TPSA) is 74.3 Å². The highest BCUT2D eigenvalue weighted by atomic mass is 35.5. The summed E-state index contributed by atoms with van der Waals surface area (Å²) in [5.74, 6) is 0.312. The minimum Gasteiger partial charge on any atom is -0.351 e. The van der Waals surface area contributed by atoms with Crippen molar-refractivity contribution in [1.82, 2.24) is 9.91 Å². The maximum atomic E-state index is 11.6. The number of guanidine groups is 1. The van der Waals surface area contributed by atoms with Gasteiger partial charge in [-0.05, 0) is 30.2 Å². The van der Waals surface area contributed by atoms with Gasteiger partial charge in [0.05, 0.1) is 12.3 Å². The summed E-state index contributed by atoms with van der Waals surface area (Å²) in [5, 5.41) is 7.04. The first-order chi connectivity index (χ1) is 12.9. The van der Waals surface area contributed by atoms with Crippen LogP contribution in [0.4, 0.5) is 4.79 Å². The molecular formula is C20H24ClN5O. The molecule has 6 nitrogen and oxygen atoms in total. The molecule has 1 heterocycles. The number of hydrogen-bond acceptors (Lipinski definition) is 3. The van der Waals surface area contributed by atoms with Crippen molar-refractivity contribution in [3.8, 4) is 0 Å². The Labute approximate surface area is 165 Å². The number of amides is 2. The summed E-state index contributed by atoms with van der Waals surface area (Å²) in [6, 6.07) is 6.88. The Morgan fingerprint density at radius 3 is 2.63 bits per heavy atom. The predicted molar refractivity (Wildman–Crippen MR) is 112 cm³/mol. The Morgan fingerprint density at radius 2 is 2.07 bits per heavy atom. The molecule has 0 saturated heterocycles. The fourth-order valence-corrected chi connectivity index (χ4v) is 2.87. The van der Waals surface area contributed by atoms with Gasteiger partial charge in [-0.3, -0.25) is 9.89 Å². The van der Waals surface area contributed by atoms with Crippen LogP contribution in [-0.4, -0.2) is 48.3 Å². The lowest BCUT2D eigenvalue weighted by Crippen LogP contribution is -2.45. The first kappa shape index (κ1) is 20.5. The number of urea groups is 1. The quantitative estimate of drug-likeness (QED) is 0.488. The van der Waals surface area contributed by atoms with Gasteiger partial charge in [-0.15, -0.1) is 0 Å². The summed E-state index contributed by atoms with van der Waals surface area (Å²) < 4.78 is 0.